The first-order valence-corrected chi connectivity index (χ1v) is 9.71. The first-order valence-electron chi connectivity index (χ1n) is 9.71. The number of para-hydroxylation sites is 1. The number of benzene rings is 2. The quantitative estimate of drug-likeness (QED) is 0.374. The molecule has 1 amide bonds. The van der Waals surface area contributed by atoms with Crippen LogP contribution < -0.4 is 5.32 Å². The van der Waals surface area contributed by atoms with Gasteiger partial charge in [0.2, 0.25) is 0 Å². The minimum atomic E-state index is -1.04. The summed E-state index contributed by atoms with van der Waals surface area (Å²) in [5, 5.41) is 3.45. The van der Waals surface area contributed by atoms with Crippen LogP contribution in [0, 0.1) is 12.3 Å². The summed E-state index contributed by atoms with van der Waals surface area (Å²) < 4.78 is 4.89. The number of pyridine rings is 1. The number of carbonyl (C=O) groups is 2. The van der Waals surface area contributed by atoms with Gasteiger partial charge >= 0.3 is 5.97 Å². The van der Waals surface area contributed by atoms with Crippen LogP contribution in [-0.4, -0.2) is 30.0 Å². The molecule has 31 heavy (non-hydrogen) atoms. The van der Waals surface area contributed by atoms with Gasteiger partial charge in [0.05, 0.1) is 23.9 Å². The average molecular weight is 410 g/mol. The van der Waals surface area contributed by atoms with Crippen molar-refractivity contribution < 1.29 is 14.3 Å². The molecule has 0 bridgehead atoms. The van der Waals surface area contributed by atoms with Crippen molar-refractivity contribution in [2.75, 3.05) is 7.11 Å². The third-order valence-corrected chi connectivity index (χ3v) is 4.69. The van der Waals surface area contributed by atoms with E-state index < -0.39 is 17.9 Å². The van der Waals surface area contributed by atoms with Gasteiger partial charge in [-0.05, 0) is 30.7 Å². The maximum atomic E-state index is 13.3. The summed E-state index contributed by atoms with van der Waals surface area (Å²) >= 11 is 0. The van der Waals surface area contributed by atoms with Gasteiger partial charge < -0.3 is 10.1 Å². The fourth-order valence-corrected chi connectivity index (χ4v) is 3.24. The van der Waals surface area contributed by atoms with Crippen LogP contribution in [0.4, 0.5) is 0 Å². The number of amides is 1. The summed E-state index contributed by atoms with van der Waals surface area (Å²) in [6.45, 7) is 1.79. The molecule has 1 atom stereocenters. The molecule has 0 radical (unpaired) electrons. The molecule has 5 heteroatoms. The van der Waals surface area contributed by atoms with E-state index in [9.17, 15) is 9.59 Å². The second-order valence-corrected chi connectivity index (χ2v) is 6.68. The zero-order valence-electron chi connectivity index (χ0n) is 17.3. The molecule has 5 nitrogen and oxygen atoms in total. The molecule has 0 saturated carbocycles. The Morgan fingerprint density at radius 3 is 2.52 bits per heavy atom. The standard InChI is InChI=1S/C26H22N2O3/c1-4-11-19(12-5-2)24(26(30)31-3)28-25(29)21-17-23(18-13-7-6-8-14-18)27-22-16-10-9-15-20(21)22/h1,5-17,24H,2-3H3,(H,28,29)/b12-5-,19-11+/t24-/m1/s1. The van der Waals surface area contributed by atoms with Crippen LogP contribution in [-0.2, 0) is 9.53 Å². The summed E-state index contributed by atoms with van der Waals surface area (Å²) in [7, 11) is 1.26. The number of esters is 1. The highest BCUT2D eigenvalue weighted by molar-refractivity contribution is 6.08. The molecule has 0 aliphatic rings. The Kier molecular flexibility index (Phi) is 6.97. The predicted molar refractivity (Wildman–Crippen MR) is 122 cm³/mol. The lowest BCUT2D eigenvalue weighted by Gasteiger charge is -2.18. The van der Waals surface area contributed by atoms with Crippen LogP contribution in [0.3, 0.4) is 0 Å². The van der Waals surface area contributed by atoms with E-state index >= 15 is 0 Å². The smallest absolute Gasteiger partial charge is 0.333 e. The number of aromatic nitrogens is 1. The number of carbonyl (C=O) groups excluding carboxylic acids is 2. The van der Waals surface area contributed by atoms with Crippen LogP contribution in [0.15, 0.2) is 84.5 Å². The lowest BCUT2D eigenvalue weighted by atomic mass is 10.0. The third kappa shape index (κ3) is 4.88. The summed E-state index contributed by atoms with van der Waals surface area (Å²) in [5.41, 5.74) is 3.07. The zero-order valence-corrected chi connectivity index (χ0v) is 17.3. The fraction of sp³-hybridized carbons (Fsp3) is 0.115. The van der Waals surface area contributed by atoms with Crippen molar-refractivity contribution in [3.63, 3.8) is 0 Å². The Morgan fingerprint density at radius 1 is 1.13 bits per heavy atom. The normalized spacial score (nSPS) is 12.4. The number of terminal acetylenes is 1. The number of methoxy groups -OCH3 is 1. The second-order valence-electron chi connectivity index (χ2n) is 6.68. The molecule has 154 valence electrons. The third-order valence-electron chi connectivity index (χ3n) is 4.69. The molecule has 3 rings (SSSR count). The van der Waals surface area contributed by atoms with Crippen molar-refractivity contribution in [1.82, 2.24) is 10.3 Å². The van der Waals surface area contributed by atoms with E-state index in [1.165, 1.54) is 13.2 Å². The van der Waals surface area contributed by atoms with Crippen LogP contribution >= 0.6 is 0 Å². The van der Waals surface area contributed by atoms with Crippen molar-refractivity contribution in [1.29, 1.82) is 0 Å². The van der Waals surface area contributed by atoms with Gasteiger partial charge in [-0.3, -0.25) is 4.79 Å². The molecule has 0 aliphatic heterocycles. The number of allylic oxidation sites excluding steroid dienone is 2. The maximum Gasteiger partial charge on any atom is 0.333 e. The lowest BCUT2D eigenvalue weighted by Crippen LogP contribution is -2.42. The molecule has 0 unspecified atom stereocenters. The van der Waals surface area contributed by atoms with E-state index in [1.807, 2.05) is 54.6 Å². The highest BCUT2D eigenvalue weighted by atomic mass is 16.5. The van der Waals surface area contributed by atoms with E-state index in [0.717, 1.165) is 5.56 Å². The first-order chi connectivity index (χ1) is 15.1. The summed E-state index contributed by atoms with van der Waals surface area (Å²) in [6, 6.07) is 17.6. The van der Waals surface area contributed by atoms with Gasteiger partial charge in [-0.25, -0.2) is 9.78 Å². The summed E-state index contributed by atoms with van der Waals surface area (Å²) in [5.74, 6) is 1.35. The van der Waals surface area contributed by atoms with Gasteiger partial charge in [0, 0.05) is 10.9 Å². The van der Waals surface area contributed by atoms with Crippen LogP contribution in [0.25, 0.3) is 22.2 Å². The Morgan fingerprint density at radius 2 is 1.84 bits per heavy atom. The predicted octanol–water partition coefficient (Wildman–Crippen LogP) is 4.31. The Balaban J connectivity index is 2.09. The molecule has 0 aliphatic carbocycles. The molecule has 0 saturated heterocycles. The molecule has 0 fully saturated rings. The largest absolute Gasteiger partial charge is 0.467 e. The van der Waals surface area contributed by atoms with E-state index in [4.69, 9.17) is 16.1 Å². The number of rotatable bonds is 6. The summed E-state index contributed by atoms with van der Waals surface area (Å²) in [6.07, 6.45) is 10.2. The van der Waals surface area contributed by atoms with Gasteiger partial charge in [-0.1, -0.05) is 66.6 Å². The highest BCUT2D eigenvalue weighted by Crippen LogP contribution is 2.25. The molecule has 0 spiro atoms. The zero-order chi connectivity index (χ0) is 22.2. The molecule has 1 N–H and O–H groups in total. The molecule has 1 heterocycles. The number of nitrogens with one attached hydrogen (secondary N) is 1. The van der Waals surface area contributed by atoms with Crippen molar-refractivity contribution in [2.24, 2.45) is 0 Å². The van der Waals surface area contributed by atoms with Gasteiger partial charge in [-0.2, -0.15) is 0 Å². The molecule has 1 aromatic heterocycles. The van der Waals surface area contributed by atoms with Gasteiger partial charge in [-0.15, -0.1) is 6.42 Å². The van der Waals surface area contributed by atoms with Crippen molar-refractivity contribution in [3.8, 4) is 23.6 Å². The number of hydrogen-bond donors (Lipinski definition) is 1. The van der Waals surface area contributed by atoms with Crippen LogP contribution in [0.1, 0.15) is 17.3 Å². The highest BCUT2D eigenvalue weighted by Gasteiger charge is 2.26. The fourth-order valence-electron chi connectivity index (χ4n) is 3.24. The van der Waals surface area contributed by atoms with Gasteiger partial charge in [0.1, 0.15) is 0 Å². The summed E-state index contributed by atoms with van der Waals surface area (Å²) in [4.78, 5) is 30.5. The minimum Gasteiger partial charge on any atom is -0.467 e. The Labute approximate surface area is 181 Å². The number of hydrogen-bond acceptors (Lipinski definition) is 4. The Hall–Kier alpha value is -4.17. The maximum absolute atomic E-state index is 13.3. The van der Waals surface area contributed by atoms with E-state index in [1.54, 1.807) is 25.1 Å². The minimum absolute atomic E-state index is 0.402. The molecule has 3 aromatic rings. The van der Waals surface area contributed by atoms with Gasteiger partial charge in [0.15, 0.2) is 6.04 Å². The van der Waals surface area contributed by atoms with E-state index in [2.05, 4.69) is 11.2 Å². The monoisotopic (exact) mass is 410 g/mol. The lowest BCUT2D eigenvalue weighted by molar-refractivity contribution is -0.141. The number of nitrogens with zero attached hydrogens (tertiary/aromatic N) is 1. The number of fused-ring (bicyclic) bond motifs is 1. The van der Waals surface area contributed by atoms with Crippen molar-refractivity contribution >= 4 is 22.8 Å². The topological polar surface area (TPSA) is 68.3 Å². The van der Waals surface area contributed by atoms with E-state index in [0.29, 0.717) is 27.7 Å². The molecular formula is C26H22N2O3. The average Bonchev–Trinajstić information content (AvgIpc) is 2.81. The van der Waals surface area contributed by atoms with Crippen molar-refractivity contribution in [3.05, 3.63) is 90.0 Å². The first kappa shape index (κ1) is 21.5. The Bertz CT molecular complexity index is 1200. The second kappa shape index (κ2) is 10.0. The van der Waals surface area contributed by atoms with Crippen LogP contribution in [0.5, 0.6) is 0 Å². The number of ether oxygens (including phenoxy) is 1. The van der Waals surface area contributed by atoms with E-state index in [-0.39, 0.29) is 0 Å². The van der Waals surface area contributed by atoms with Crippen molar-refractivity contribution in [2.45, 2.75) is 13.0 Å². The molecular weight excluding hydrogens is 388 g/mol. The SMILES string of the molecule is C#C/C=C(\C=C/C)[C@@H](NC(=O)c1cc(-c2ccccc2)nc2ccccc12)C(=O)OC. The van der Waals surface area contributed by atoms with Gasteiger partial charge in [0.25, 0.3) is 5.91 Å². The molecule has 2 aromatic carbocycles. The van der Waals surface area contributed by atoms with Crippen LogP contribution in [0.2, 0.25) is 0 Å².